The van der Waals surface area contributed by atoms with Crippen molar-refractivity contribution in [3.05, 3.63) is 46.3 Å². The number of carbonyl (C=O) groups excluding carboxylic acids is 17. The van der Waals surface area contributed by atoms with E-state index < -0.39 is 235 Å². The van der Waals surface area contributed by atoms with Gasteiger partial charge in [-0.2, -0.15) is 11.8 Å². The fourth-order valence-electron chi connectivity index (χ4n) is 13.5. The second-order valence-corrected chi connectivity index (χ2v) is 33.1. The van der Waals surface area contributed by atoms with Crippen LogP contribution in [-0.4, -0.2) is 282 Å². The Morgan fingerprint density at radius 1 is 0.477 bits per heavy atom. The summed E-state index contributed by atoms with van der Waals surface area (Å²) in [6, 6.07) is -13.4. The van der Waals surface area contributed by atoms with Crippen LogP contribution in [0.1, 0.15) is 182 Å². The van der Waals surface area contributed by atoms with Crippen LogP contribution in [0.15, 0.2) is 35.4 Å². The molecule has 1 fully saturated rings. The summed E-state index contributed by atoms with van der Waals surface area (Å²) in [7, 11) is 0. The molecule has 50 heteroatoms. The van der Waals surface area contributed by atoms with Crippen molar-refractivity contribution in [1.82, 2.24) is 90.0 Å². The monoisotopic (exact) mass is 1850 g/mol. The molecule has 14 atom stereocenters. The minimum Gasteiger partial charge on any atom is -0.481 e. The van der Waals surface area contributed by atoms with Crippen LogP contribution < -0.4 is 119 Å². The van der Waals surface area contributed by atoms with Crippen LogP contribution in [0.3, 0.4) is 0 Å². The molecule has 0 bridgehead atoms. The maximum Gasteiger partial charge on any atom is 0.305 e. The van der Waals surface area contributed by atoms with E-state index in [9.17, 15) is 101 Å². The number of hydrogen-bond acceptors (Lipinski definition) is 25. The van der Waals surface area contributed by atoms with Crippen LogP contribution in [0.5, 0.6) is 0 Å². The largest absolute Gasteiger partial charge is 0.481 e. The van der Waals surface area contributed by atoms with Gasteiger partial charge in [-0.3, -0.25) is 102 Å². The van der Waals surface area contributed by atoms with E-state index in [4.69, 9.17) is 50.8 Å². The lowest BCUT2D eigenvalue weighted by Crippen LogP contribution is -2.61. The number of rotatable bonds is 65. The van der Waals surface area contributed by atoms with Gasteiger partial charge in [0.1, 0.15) is 84.6 Å². The highest BCUT2D eigenvalue weighted by molar-refractivity contribution is 7.98. The number of unbranched alkanes of at least 4 members (excludes halogenated alkanes) is 3. The highest BCUT2D eigenvalue weighted by Gasteiger charge is 2.43. The predicted molar refractivity (Wildman–Crippen MR) is 476 cm³/mol. The molecule has 17 amide bonds. The molecule has 0 saturated carbocycles. The van der Waals surface area contributed by atoms with E-state index in [1.807, 2.05) is 13.8 Å². The summed E-state index contributed by atoms with van der Waals surface area (Å²) in [6.45, 7) is 8.66. The maximum absolute atomic E-state index is 15.0. The van der Waals surface area contributed by atoms with Gasteiger partial charge in [0.15, 0.2) is 11.9 Å². The van der Waals surface area contributed by atoms with Crippen LogP contribution in [0.2, 0.25) is 0 Å². The number of guanidine groups is 2. The zero-order chi connectivity index (χ0) is 97.7. The number of nitrogens with one attached hydrogen (secondary N) is 18. The van der Waals surface area contributed by atoms with Crippen molar-refractivity contribution in [2.75, 3.05) is 57.8 Å². The van der Waals surface area contributed by atoms with Crippen molar-refractivity contribution in [3.8, 4) is 0 Å². The number of nitrogens with zero attached hydrogens (tertiary/aromatic N) is 4. The quantitative estimate of drug-likeness (QED) is 0.00721. The van der Waals surface area contributed by atoms with Gasteiger partial charge < -0.3 is 135 Å². The summed E-state index contributed by atoms with van der Waals surface area (Å²) in [5, 5.41) is 78.8. The summed E-state index contributed by atoms with van der Waals surface area (Å²) in [5.41, 5.74) is 42.9. The van der Waals surface area contributed by atoms with Crippen LogP contribution in [0, 0.1) is 22.7 Å². The Morgan fingerprint density at radius 2 is 0.885 bits per heavy atom. The molecule has 1 saturated heterocycles. The van der Waals surface area contributed by atoms with Gasteiger partial charge in [0, 0.05) is 44.4 Å². The summed E-state index contributed by atoms with van der Waals surface area (Å²) >= 11 is 1.32. The van der Waals surface area contributed by atoms with Crippen molar-refractivity contribution in [3.63, 3.8) is 0 Å². The van der Waals surface area contributed by atoms with E-state index in [0.717, 1.165) is 4.90 Å². The van der Waals surface area contributed by atoms with E-state index in [0.29, 0.717) is 43.4 Å². The molecule has 1 aliphatic rings. The molecule has 49 nitrogen and oxygen atoms in total. The molecule has 1 aromatic rings. The summed E-state index contributed by atoms with van der Waals surface area (Å²) in [4.78, 5) is 265. The van der Waals surface area contributed by atoms with Gasteiger partial charge in [-0.25, -0.2) is 0 Å². The first-order valence-corrected chi connectivity index (χ1v) is 44.4. The lowest BCUT2D eigenvalue weighted by Gasteiger charge is -2.30. The zero-order valence-corrected chi connectivity index (χ0v) is 75.5. The third-order valence-corrected chi connectivity index (χ3v) is 20.7. The van der Waals surface area contributed by atoms with Crippen LogP contribution >= 0.6 is 11.8 Å². The summed E-state index contributed by atoms with van der Waals surface area (Å²) < 4.78 is 0. The molecule has 0 aromatic heterocycles. The second kappa shape index (κ2) is 61.7. The van der Waals surface area contributed by atoms with Gasteiger partial charge >= 0.3 is 11.9 Å². The number of hydrogen-bond donors (Lipinski definition) is 26. The lowest BCUT2D eigenvalue weighted by molar-refractivity contribution is -0.144. The molecule has 0 aliphatic carbocycles. The molecule has 1 aromatic carbocycles. The molecular formula is C80H134N28O21S. The molecule has 0 spiro atoms. The number of aliphatic carboxylic acids is 2. The number of amides is 17. The number of nitrogens with two attached hydrogens (primary N) is 6. The molecule has 1 heterocycles. The first-order chi connectivity index (χ1) is 61.4. The van der Waals surface area contributed by atoms with Crippen LogP contribution in [0.25, 0.3) is 10.4 Å². The zero-order valence-electron chi connectivity index (χ0n) is 74.6. The fourth-order valence-corrected chi connectivity index (χ4v) is 14.0. The number of primary amides is 2. The summed E-state index contributed by atoms with van der Waals surface area (Å²) in [5.74, 6) is -20.8. The Morgan fingerprint density at radius 3 is 1.36 bits per heavy atom. The highest BCUT2D eigenvalue weighted by Crippen LogP contribution is 2.22. The minimum atomic E-state index is -1.94. The van der Waals surface area contributed by atoms with Gasteiger partial charge in [-0.1, -0.05) is 69.6 Å². The molecule has 726 valence electrons. The van der Waals surface area contributed by atoms with Crippen LogP contribution in [-0.2, 0) is 97.5 Å². The average Bonchev–Trinajstić information content (AvgIpc) is 1.39. The summed E-state index contributed by atoms with van der Waals surface area (Å²) in [6.07, 6.45) is -0.159. The number of carboxylic acid groups (broad SMARTS) is 2. The van der Waals surface area contributed by atoms with E-state index >= 15 is 0 Å². The third kappa shape index (κ3) is 45.8. The molecule has 32 N–H and O–H groups in total. The number of carbonyl (C=O) groups is 19. The van der Waals surface area contributed by atoms with Gasteiger partial charge in [-0.05, 0) is 164 Å². The molecule has 2 rings (SSSR count). The van der Waals surface area contributed by atoms with Crippen molar-refractivity contribution >= 4 is 136 Å². The van der Waals surface area contributed by atoms with Gasteiger partial charge in [-0.15, -0.1) is 0 Å². The fraction of sp³-hybridized carbons (Fsp3) is 0.662. The van der Waals surface area contributed by atoms with Gasteiger partial charge in [0.25, 0.3) is 0 Å². The Balaban J connectivity index is 2.55. The first-order valence-electron chi connectivity index (χ1n) is 43.1. The van der Waals surface area contributed by atoms with Crippen molar-refractivity contribution in [2.45, 2.75) is 267 Å². The molecular weight excluding hydrogens is 1720 g/mol. The second-order valence-electron chi connectivity index (χ2n) is 32.1. The number of carboxylic acids is 2. The lowest BCUT2D eigenvalue weighted by atomic mass is 10.0. The maximum atomic E-state index is 15.0. The number of thioether (sulfide) groups is 1. The first kappa shape index (κ1) is 113. The Hall–Kier alpha value is -12.7. The third-order valence-electron chi connectivity index (χ3n) is 20.1. The predicted octanol–water partition coefficient (Wildman–Crippen LogP) is -5.90. The van der Waals surface area contributed by atoms with Crippen LogP contribution in [0.4, 0.5) is 0 Å². The topological polar surface area (TPSA) is 813 Å². The number of azide groups is 1. The Bertz CT molecular complexity index is 4050. The van der Waals surface area contributed by atoms with E-state index in [1.165, 1.54) is 25.6 Å². The van der Waals surface area contributed by atoms with E-state index in [2.05, 4.69) is 95.1 Å². The molecule has 130 heavy (non-hydrogen) atoms. The standard InChI is InChI=1S/C80H134N28O21S/c1-43(2)36-54(65(84)116)101-70(121)51(23-12-15-30-82)99-72(123)53(28-35-130-7)97-66(117)45(5)94-73(124)57(40-63(112)113)105-77(128)60-27-19-34-108(60)78(129)59(39-61(83)110)106-71(122)52(26-18-32-91-80(87)88)100-75(126)56(38-47-20-9-8-10-21-47)103-69(120)50(25-17-31-90-79(85)86)96-62(111)42-92-67(118)48(22-11-14-29-81)98-76(127)58(41-64(114)115)104-74(125)55(37-44(3)4)102-68(119)49(95-46(6)109)24-13-16-33-93-107-89/h8-10,20-21,43-45,48-60H,11-19,22-42,81-82H2,1-7H3,(H2,83,110)(H2,84,116)(H,92,118)(H,94,124)(H,95,109)(H,96,111)(H,97,117)(H,98,127)(H,99,123)(H,100,126)(H,101,121)(H,102,119)(H,103,120)(H,104,125)(H,105,128)(H,106,122)(H,112,113)(H,114,115)(H4,85,86,90)(H4,87,88,91)/t45-,48-,49-,50-,51-,52-,53-,54-,55-,56-,57-,58-,59-,60-/m0/s1. The highest BCUT2D eigenvalue weighted by atomic mass is 32.2. The normalized spacial score (nSPS) is 15.1. The van der Waals surface area contributed by atoms with E-state index in [1.54, 1.807) is 50.4 Å². The SMILES string of the molecule is CSCC[C@H](NC(=O)[C@H](C)NC(=O)[C@H](CC(=O)O)NC(=O)[C@@H]1CCCN1C(=O)[C@H](CC(N)=O)NC(=O)[C@H](CCCNC(=N)N)NC(=O)[C@H](Cc1ccccc1)NC(=O)[C@H](CCCNC(=N)N)NC(=O)CNC(=O)[C@H](CCCCN)NC(=O)[C@H](CC(=O)O)NC(=O)[C@H](CC(C)C)NC(=O)[C@H](CCCCN=[N+]=[N-])NC(C)=O)C(=O)N[C@@H](CCCCN)C(=O)N[C@@H](CC(C)C)C(N)=O. The van der Waals surface area contributed by atoms with Gasteiger partial charge in [0.05, 0.1) is 25.8 Å². The van der Waals surface area contributed by atoms with Crippen molar-refractivity contribution in [1.29, 1.82) is 10.8 Å². The van der Waals surface area contributed by atoms with Crippen molar-refractivity contribution < 1.29 is 101 Å². The van der Waals surface area contributed by atoms with Crippen molar-refractivity contribution in [2.24, 2.45) is 51.4 Å². The molecule has 0 radical (unpaired) electrons. The number of benzene rings is 1. The minimum absolute atomic E-state index is 0.00145. The number of likely N-dealkylation sites (tertiary alicyclic amines) is 1. The average molecular weight is 1860 g/mol. The molecule has 0 unspecified atom stereocenters. The molecule has 1 aliphatic heterocycles. The van der Waals surface area contributed by atoms with Gasteiger partial charge in [0.2, 0.25) is 100 Å². The Labute approximate surface area is 757 Å². The smallest absolute Gasteiger partial charge is 0.305 e. The Kier molecular flexibility index (Phi) is 53.8. The van der Waals surface area contributed by atoms with E-state index in [-0.39, 0.29) is 141 Å².